The van der Waals surface area contributed by atoms with E-state index < -0.39 is 0 Å². The van der Waals surface area contributed by atoms with Gasteiger partial charge in [-0.1, -0.05) is 72.8 Å². The second-order valence-electron chi connectivity index (χ2n) is 6.22. The number of rotatable bonds is 4. The van der Waals surface area contributed by atoms with Gasteiger partial charge < -0.3 is 5.32 Å². The van der Waals surface area contributed by atoms with Crippen molar-refractivity contribution in [2.75, 3.05) is 6.54 Å². The summed E-state index contributed by atoms with van der Waals surface area (Å²) < 4.78 is 0. The van der Waals surface area contributed by atoms with Crippen LogP contribution in [0.15, 0.2) is 78.9 Å². The molecule has 1 amide bonds. The molecule has 0 heterocycles. The van der Waals surface area contributed by atoms with Crippen LogP contribution in [0.5, 0.6) is 0 Å². The van der Waals surface area contributed by atoms with Gasteiger partial charge in [-0.05, 0) is 34.7 Å². The van der Waals surface area contributed by atoms with E-state index in [1.165, 1.54) is 11.1 Å². The van der Waals surface area contributed by atoms with Crippen LogP contribution in [0.25, 0.3) is 11.1 Å². The molecule has 2 nitrogen and oxygen atoms in total. The third-order valence-electron chi connectivity index (χ3n) is 4.73. The molecule has 0 aliphatic heterocycles. The molecule has 0 bridgehead atoms. The van der Waals surface area contributed by atoms with Gasteiger partial charge in [0.1, 0.15) is 0 Å². The van der Waals surface area contributed by atoms with Crippen molar-refractivity contribution in [2.45, 2.75) is 12.3 Å². The SMILES string of the molecule is O=C(NCC1Cc2ccccc21)c1ccccc1-c1ccccc1. The first kappa shape index (κ1) is 14.7. The molecule has 4 rings (SSSR count). The normalized spacial score (nSPS) is 15.2. The maximum absolute atomic E-state index is 12.7. The summed E-state index contributed by atoms with van der Waals surface area (Å²) in [5.41, 5.74) is 5.55. The monoisotopic (exact) mass is 313 g/mol. The number of benzene rings is 3. The molecule has 1 aliphatic carbocycles. The van der Waals surface area contributed by atoms with Crippen molar-refractivity contribution < 1.29 is 4.79 Å². The first-order valence-electron chi connectivity index (χ1n) is 8.33. The lowest BCUT2D eigenvalue weighted by Crippen LogP contribution is -2.33. The predicted octanol–water partition coefficient (Wildman–Crippen LogP) is 4.42. The van der Waals surface area contributed by atoms with E-state index in [1.54, 1.807) is 0 Å². The molecule has 0 fully saturated rings. The maximum atomic E-state index is 12.7. The topological polar surface area (TPSA) is 29.1 Å². The van der Waals surface area contributed by atoms with E-state index in [1.807, 2.05) is 54.6 Å². The summed E-state index contributed by atoms with van der Waals surface area (Å²) in [4.78, 5) is 12.7. The molecular formula is C22H19NO. The Labute approximate surface area is 142 Å². The Kier molecular flexibility index (Phi) is 3.87. The molecule has 2 heteroatoms. The van der Waals surface area contributed by atoms with Gasteiger partial charge in [-0.15, -0.1) is 0 Å². The van der Waals surface area contributed by atoms with E-state index >= 15 is 0 Å². The largest absolute Gasteiger partial charge is 0.351 e. The molecule has 118 valence electrons. The van der Waals surface area contributed by atoms with E-state index in [2.05, 4.69) is 29.6 Å². The fourth-order valence-corrected chi connectivity index (χ4v) is 3.41. The van der Waals surface area contributed by atoms with Crippen LogP contribution in [0.1, 0.15) is 27.4 Å². The Hall–Kier alpha value is -2.87. The molecule has 24 heavy (non-hydrogen) atoms. The second-order valence-corrected chi connectivity index (χ2v) is 6.22. The third-order valence-corrected chi connectivity index (χ3v) is 4.73. The van der Waals surface area contributed by atoms with Gasteiger partial charge in [0.2, 0.25) is 0 Å². The van der Waals surface area contributed by atoms with Gasteiger partial charge in [0.05, 0.1) is 0 Å². The summed E-state index contributed by atoms with van der Waals surface area (Å²) in [5.74, 6) is 0.438. The van der Waals surface area contributed by atoms with Crippen molar-refractivity contribution in [2.24, 2.45) is 0 Å². The lowest BCUT2D eigenvalue weighted by Gasteiger charge is -2.30. The van der Waals surface area contributed by atoms with Gasteiger partial charge >= 0.3 is 0 Å². The first-order valence-corrected chi connectivity index (χ1v) is 8.33. The molecule has 1 aliphatic rings. The van der Waals surface area contributed by atoms with E-state index in [9.17, 15) is 4.79 Å². The number of hydrogen-bond donors (Lipinski definition) is 1. The van der Waals surface area contributed by atoms with Crippen molar-refractivity contribution in [3.63, 3.8) is 0 Å². The summed E-state index contributed by atoms with van der Waals surface area (Å²) in [7, 11) is 0. The van der Waals surface area contributed by atoms with E-state index in [0.29, 0.717) is 12.5 Å². The standard InChI is InChI=1S/C22H19NO/c24-22(23-15-18-14-17-10-4-5-11-19(17)18)21-13-7-6-12-20(21)16-8-2-1-3-9-16/h1-13,18H,14-15H2,(H,23,24). The van der Waals surface area contributed by atoms with Crippen molar-refractivity contribution in [3.8, 4) is 11.1 Å². The summed E-state index contributed by atoms with van der Waals surface area (Å²) in [6.45, 7) is 0.693. The summed E-state index contributed by atoms with van der Waals surface area (Å²) in [6, 6.07) is 26.3. The van der Waals surface area contributed by atoms with Crippen LogP contribution >= 0.6 is 0 Å². The Morgan fingerprint density at radius 1 is 0.875 bits per heavy atom. The minimum absolute atomic E-state index is 0.00108. The average molecular weight is 313 g/mol. The first-order chi connectivity index (χ1) is 11.8. The molecule has 0 radical (unpaired) electrons. The van der Waals surface area contributed by atoms with Gasteiger partial charge in [0, 0.05) is 18.0 Å². The third kappa shape index (κ3) is 2.71. The Balaban J connectivity index is 1.50. The van der Waals surface area contributed by atoms with Crippen molar-refractivity contribution in [1.29, 1.82) is 0 Å². The number of amides is 1. The second kappa shape index (κ2) is 6.32. The van der Waals surface area contributed by atoms with Gasteiger partial charge in [-0.3, -0.25) is 4.79 Å². The van der Waals surface area contributed by atoms with Gasteiger partial charge in [-0.2, -0.15) is 0 Å². The number of fused-ring (bicyclic) bond motifs is 1. The summed E-state index contributed by atoms with van der Waals surface area (Å²) in [6.07, 6.45) is 1.05. The average Bonchev–Trinajstić information content (AvgIpc) is 2.63. The molecule has 1 atom stereocenters. The van der Waals surface area contributed by atoms with Crippen LogP contribution in [0, 0.1) is 0 Å². The Morgan fingerprint density at radius 3 is 2.42 bits per heavy atom. The number of carbonyl (C=O) groups excluding carboxylic acids is 1. The van der Waals surface area contributed by atoms with Gasteiger partial charge in [-0.25, -0.2) is 0 Å². The minimum Gasteiger partial charge on any atom is -0.351 e. The number of hydrogen-bond acceptors (Lipinski definition) is 1. The predicted molar refractivity (Wildman–Crippen MR) is 97.1 cm³/mol. The maximum Gasteiger partial charge on any atom is 0.251 e. The van der Waals surface area contributed by atoms with E-state index in [4.69, 9.17) is 0 Å². The highest BCUT2D eigenvalue weighted by Crippen LogP contribution is 2.34. The fraction of sp³-hybridized carbons (Fsp3) is 0.136. The summed E-state index contributed by atoms with van der Waals surface area (Å²) >= 11 is 0. The highest BCUT2D eigenvalue weighted by Gasteiger charge is 2.25. The van der Waals surface area contributed by atoms with E-state index in [0.717, 1.165) is 23.1 Å². The zero-order valence-corrected chi connectivity index (χ0v) is 13.4. The molecule has 0 spiro atoms. The van der Waals surface area contributed by atoms with Crippen molar-refractivity contribution >= 4 is 5.91 Å². The Bertz CT molecular complexity index is 870. The van der Waals surface area contributed by atoms with Gasteiger partial charge in [0.25, 0.3) is 5.91 Å². The quantitative estimate of drug-likeness (QED) is 0.759. The molecule has 1 N–H and O–H groups in total. The number of carbonyl (C=O) groups is 1. The zero-order valence-electron chi connectivity index (χ0n) is 13.4. The van der Waals surface area contributed by atoms with Crippen LogP contribution in [0.3, 0.4) is 0 Å². The molecule has 0 saturated carbocycles. The van der Waals surface area contributed by atoms with Crippen LogP contribution < -0.4 is 5.32 Å². The van der Waals surface area contributed by atoms with Crippen molar-refractivity contribution in [1.82, 2.24) is 5.32 Å². The minimum atomic E-state index is -0.00108. The zero-order chi connectivity index (χ0) is 16.4. The van der Waals surface area contributed by atoms with Gasteiger partial charge in [0.15, 0.2) is 0 Å². The molecular weight excluding hydrogens is 294 g/mol. The fourth-order valence-electron chi connectivity index (χ4n) is 3.41. The summed E-state index contributed by atoms with van der Waals surface area (Å²) in [5, 5.41) is 3.11. The van der Waals surface area contributed by atoms with Crippen molar-refractivity contribution in [3.05, 3.63) is 95.6 Å². The van der Waals surface area contributed by atoms with E-state index in [-0.39, 0.29) is 5.91 Å². The van der Waals surface area contributed by atoms with Crippen LogP contribution in [-0.4, -0.2) is 12.5 Å². The van der Waals surface area contributed by atoms with Crippen LogP contribution in [-0.2, 0) is 6.42 Å². The highest BCUT2D eigenvalue weighted by atomic mass is 16.1. The van der Waals surface area contributed by atoms with Crippen LogP contribution in [0.4, 0.5) is 0 Å². The molecule has 3 aromatic carbocycles. The molecule has 0 saturated heterocycles. The molecule has 3 aromatic rings. The Morgan fingerprint density at radius 2 is 1.58 bits per heavy atom. The smallest absolute Gasteiger partial charge is 0.251 e. The highest BCUT2D eigenvalue weighted by molar-refractivity contribution is 6.00. The molecule has 1 unspecified atom stereocenters. The number of nitrogens with one attached hydrogen (secondary N) is 1. The van der Waals surface area contributed by atoms with Crippen LogP contribution in [0.2, 0.25) is 0 Å². The lowest BCUT2D eigenvalue weighted by molar-refractivity contribution is 0.0950. The molecule has 0 aromatic heterocycles. The lowest BCUT2D eigenvalue weighted by atomic mass is 9.77.